The van der Waals surface area contributed by atoms with E-state index in [9.17, 15) is 0 Å². The van der Waals surface area contributed by atoms with Crippen LogP contribution in [0, 0.1) is 0 Å². The predicted octanol–water partition coefficient (Wildman–Crippen LogP) is 0.347. The SMILES string of the molecule is Clc1nncn1CC1COCCO1. The van der Waals surface area contributed by atoms with E-state index >= 15 is 0 Å². The Balaban J connectivity index is 1.93. The van der Waals surface area contributed by atoms with Crippen LogP contribution >= 0.6 is 11.6 Å². The van der Waals surface area contributed by atoms with E-state index in [4.69, 9.17) is 21.1 Å². The Kier molecular flexibility index (Phi) is 2.77. The van der Waals surface area contributed by atoms with Crippen molar-refractivity contribution in [2.24, 2.45) is 0 Å². The highest BCUT2D eigenvalue weighted by Gasteiger charge is 2.15. The van der Waals surface area contributed by atoms with E-state index in [1.807, 2.05) is 0 Å². The average Bonchev–Trinajstić information content (AvgIpc) is 2.54. The van der Waals surface area contributed by atoms with Crippen molar-refractivity contribution in [3.05, 3.63) is 11.6 Å². The van der Waals surface area contributed by atoms with Gasteiger partial charge in [-0.3, -0.25) is 0 Å². The van der Waals surface area contributed by atoms with Crippen LogP contribution in [-0.4, -0.2) is 40.7 Å². The Bertz CT molecular complexity index is 272. The summed E-state index contributed by atoms with van der Waals surface area (Å²) in [5, 5.41) is 7.72. The molecular formula is C7H10ClN3O2. The van der Waals surface area contributed by atoms with Crippen LogP contribution < -0.4 is 0 Å². The monoisotopic (exact) mass is 203 g/mol. The Labute approximate surface area is 80.6 Å². The van der Waals surface area contributed by atoms with E-state index in [-0.39, 0.29) is 6.10 Å². The van der Waals surface area contributed by atoms with E-state index in [2.05, 4.69) is 10.2 Å². The molecule has 1 aromatic heterocycles. The lowest BCUT2D eigenvalue weighted by molar-refractivity contribution is -0.0936. The highest BCUT2D eigenvalue weighted by molar-refractivity contribution is 6.28. The van der Waals surface area contributed by atoms with Crippen molar-refractivity contribution < 1.29 is 9.47 Å². The fourth-order valence-corrected chi connectivity index (χ4v) is 1.38. The Morgan fingerprint density at radius 3 is 3.15 bits per heavy atom. The van der Waals surface area contributed by atoms with Crippen LogP contribution in [0.25, 0.3) is 0 Å². The van der Waals surface area contributed by atoms with Crippen LogP contribution in [0.4, 0.5) is 0 Å². The highest BCUT2D eigenvalue weighted by atomic mass is 35.5. The molecule has 72 valence electrons. The third-order valence-corrected chi connectivity index (χ3v) is 2.15. The van der Waals surface area contributed by atoms with Gasteiger partial charge in [0.2, 0.25) is 5.28 Å². The van der Waals surface area contributed by atoms with E-state index in [1.54, 1.807) is 10.9 Å². The van der Waals surface area contributed by atoms with Gasteiger partial charge in [0.15, 0.2) is 0 Å². The standard InChI is InChI=1S/C7H10ClN3O2/c8-7-10-9-5-11(7)3-6-4-12-1-2-13-6/h5-6H,1-4H2. The number of rotatable bonds is 2. The molecule has 1 saturated heterocycles. The maximum Gasteiger partial charge on any atom is 0.224 e. The zero-order chi connectivity index (χ0) is 9.10. The van der Waals surface area contributed by atoms with Gasteiger partial charge in [-0.05, 0) is 11.6 Å². The smallest absolute Gasteiger partial charge is 0.224 e. The summed E-state index contributed by atoms with van der Waals surface area (Å²) in [4.78, 5) is 0. The second-order valence-corrected chi connectivity index (χ2v) is 3.16. The van der Waals surface area contributed by atoms with Gasteiger partial charge in [-0.2, -0.15) is 0 Å². The molecule has 0 N–H and O–H groups in total. The summed E-state index contributed by atoms with van der Waals surface area (Å²) in [6.45, 7) is 2.57. The molecule has 6 heteroatoms. The topological polar surface area (TPSA) is 49.2 Å². The van der Waals surface area contributed by atoms with Gasteiger partial charge in [-0.25, -0.2) is 0 Å². The maximum absolute atomic E-state index is 5.75. The van der Waals surface area contributed by atoms with Crippen LogP contribution in [0.15, 0.2) is 6.33 Å². The van der Waals surface area contributed by atoms with Crippen LogP contribution in [0.2, 0.25) is 5.28 Å². The molecule has 1 aliphatic rings. The summed E-state index contributed by atoms with van der Waals surface area (Å²) in [5.41, 5.74) is 0. The van der Waals surface area contributed by atoms with Crippen molar-refractivity contribution in [2.75, 3.05) is 19.8 Å². The van der Waals surface area contributed by atoms with Crippen molar-refractivity contribution >= 4 is 11.6 Å². The number of halogens is 1. The van der Waals surface area contributed by atoms with Crippen molar-refractivity contribution in [1.82, 2.24) is 14.8 Å². The van der Waals surface area contributed by atoms with Crippen LogP contribution in [0.5, 0.6) is 0 Å². The largest absolute Gasteiger partial charge is 0.376 e. The first-order chi connectivity index (χ1) is 6.36. The minimum Gasteiger partial charge on any atom is -0.376 e. The van der Waals surface area contributed by atoms with Gasteiger partial charge in [-0.1, -0.05) is 0 Å². The number of hydrogen-bond donors (Lipinski definition) is 0. The number of hydrogen-bond acceptors (Lipinski definition) is 4. The predicted molar refractivity (Wildman–Crippen MR) is 45.6 cm³/mol. The number of nitrogens with zero attached hydrogens (tertiary/aromatic N) is 3. The Morgan fingerprint density at radius 1 is 1.62 bits per heavy atom. The van der Waals surface area contributed by atoms with Crippen molar-refractivity contribution in [3.8, 4) is 0 Å². The normalized spacial score (nSPS) is 23.3. The maximum atomic E-state index is 5.75. The average molecular weight is 204 g/mol. The second kappa shape index (κ2) is 4.04. The third kappa shape index (κ3) is 2.18. The van der Waals surface area contributed by atoms with Gasteiger partial charge in [0.1, 0.15) is 6.33 Å². The first-order valence-electron chi connectivity index (χ1n) is 4.09. The molecule has 1 unspecified atom stereocenters. The van der Waals surface area contributed by atoms with Crippen LogP contribution in [-0.2, 0) is 16.0 Å². The first-order valence-corrected chi connectivity index (χ1v) is 4.47. The Morgan fingerprint density at radius 2 is 2.54 bits per heavy atom. The number of ether oxygens (including phenoxy) is 2. The third-order valence-electron chi connectivity index (χ3n) is 1.85. The van der Waals surface area contributed by atoms with Gasteiger partial charge >= 0.3 is 0 Å². The lowest BCUT2D eigenvalue weighted by Gasteiger charge is -2.22. The van der Waals surface area contributed by atoms with Gasteiger partial charge in [-0.15, -0.1) is 10.2 Å². The van der Waals surface area contributed by atoms with Crippen LogP contribution in [0.1, 0.15) is 0 Å². The molecule has 1 atom stereocenters. The fourth-order valence-electron chi connectivity index (χ4n) is 1.22. The lowest BCUT2D eigenvalue weighted by Crippen LogP contribution is -2.32. The summed E-state index contributed by atoms with van der Waals surface area (Å²) in [5.74, 6) is 0. The molecule has 13 heavy (non-hydrogen) atoms. The lowest BCUT2D eigenvalue weighted by atomic mass is 10.3. The Hall–Kier alpha value is -0.650. The van der Waals surface area contributed by atoms with Crippen molar-refractivity contribution in [3.63, 3.8) is 0 Å². The molecule has 0 spiro atoms. The number of aromatic nitrogens is 3. The first kappa shape index (κ1) is 8.93. The molecule has 1 fully saturated rings. The minimum absolute atomic E-state index is 0.0576. The zero-order valence-electron chi connectivity index (χ0n) is 7.02. The molecular weight excluding hydrogens is 194 g/mol. The molecule has 0 saturated carbocycles. The molecule has 1 aromatic rings. The molecule has 0 radical (unpaired) electrons. The molecule has 5 nitrogen and oxygen atoms in total. The molecule has 1 aliphatic heterocycles. The van der Waals surface area contributed by atoms with Gasteiger partial charge in [0, 0.05) is 0 Å². The van der Waals surface area contributed by atoms with Crippen molar-refractivity contribution in [2.45, 2.75) is 12.6 Å². The fraction of sp³-hybridized carbons (Fsp3) is 0.714. The van der Waals surface area contributed by atoms with Gasteiger partial charge in [0.05, 0.1) is 32.5 Å². The second-order valence-electron chi connectivity index (χ2n) is 2.82. The summed E-state index contributed by atoms with van der Waals surface area (Å²) in [7, 11) is 0. The quantitative estimate of drug-likeness (QED) is 0.696. The van der Waals surface area contributed by atoms with Crippen molar-refractivity contribution in [1.29, 1.82) is 0 Å². The zero-order valence-corrected chi connectivity index (χ0v) is 7.78. The summed E-state index contributed by atoms with van der Waals surface area (Å²) < 4.78 is 12.4. The molecule has 0 aliphatic carbocycles. The van der Waals surface area contributed by atoms with Gasteiger partial charge < -0.3 is 14.0 Å². The molecule has 0 aromatic carbocycles. The van der Waals surface area contributed by atoms with E-state index in [0.717, 1.165) is 0 Å². The minimum atomic E-state index is 0.0576. The van der Waals surface area contributed by atoms with E-state index in [1.165, 1.54) is 0 Å². The van der Waals surface area contributed by atoms with Gasteiger partial charge in [0.25, 0.3) is 0 Å². The van der Waals surface area contributed by atoms with E-state index < -0.39 is 0 Å². The molecule has 0 bridgehead atoms. The molecule has 2 rings (SSSR count). The summed E-state index contributed by atoms with van der Waals surface area (Å²) in [6, 6.07) is 0. The summed E-state index contributed by atoms with van der Waals surface area (Å²) in [6.07, 6.45) is 1.64. The molecule has 0 amide bonds. The summed E-state index contributed by atoms with van der Waals surface area (Å²) >= 11 is 5.75. The highest BCUT2D eigenvalue weighted by Crippen LogP contribution is 2.08. The molecule has 2 heterocycles. The van der Waals surface area contributed by atoms with Crippen LogP contribution in [0.3, 0.4) is 0 Å². The van der Waals surface area contributed by atoms with E-state index in [0.29, 0.717) is 31.6 Å².